The molecule has 2 heterocycles. The second kappa shape index (κ2) is 3.79. The standard InChI is InChI=1S/C9H4ClF3N3/c10-6-5-14-3-1-7(6)16-4-2-8(15-16)9(11,12)13/h1,3-5H. The molecule has 0 aliphatic rings. The summed E-state index contributed by atoms with van der Waals surface area (Å²) in [5, 5.41) is 3.55. The van der Waals surface area contributed by atoms with Crippen molar-refractivity contribution in [1.29, 1.82) is 0 Å². The molecule has 0 aliphatic carbocycles. The van der Waals surface area contributed by atoms with Gasteiger partial charge in [0.2, 0.25) is 0 Å². The van der Waals surface area contributed by atoms with Gasteiger partial charge in [-0.25, -0.2) is 4.68 Å². The minimum Gasteiger partial charge on any atom is -0.263 e. The van der Waals surface area contributed by atoms with Crippen molar-refractivity contribution in [2.45, 2.75) is 6.18 Å². The first kappa shape index (κ1) is 10.9. The third-order valence-electron chi connectivity index (χ3n) is 1.80. The molecule has 16 heavy (non-hydrogen) atoms. The first-order valence-electron chi connectivity index (χ1n) is 4.13. The van der Waals surface area contributed by atoms with Crippen LogP contribution in [0.4, 0.5) is 13.2 Å². The number of aromatic nitrogens is 3. The Labute approximate surface area is 93.5 Å². The quantitative estimate of drug-likeness (QED) is 0.775. The second-order valence-corrected chi connectivity index (χ2v) is 3.30. The van der Waals surface area contributed by atoms with E-state index >= 15 is 0 Å². The molecule has 0 bridgehead atoms. The van der Waals surface area contributed by atoms with Crippen molar-refractivity contribution >= 4 is 11.6 Å². The van der Waals surface area contributed by atoms with Crippen molar-refractivity contribution in [2.24, 2.45) is 0 Å². The number of halogens is 4. The lowest BCUT2D eigenvalue weighted by molar-refractivity contribution is -0.141. The van der Waals surface area contributed by atoms with E-state index in [9.17, 15) is 13.2 Å². The topological polar surface area (TPSA) is 30.7 Å². The predicted octanol–water partition coefficient (Wildman–Crippen LogP) is 2.74. The maximum absolute atomic E-state index is 12.3. The lowest BCUT2D eigenvalue weighted by atomic mass is 10.4. The van der Waals surface area contributed by atoms with Gasteiger partial charge in [0.25, 0.3) is 0 Å². The zero-order chi connectivity index (χ0) is 11.8. The van der Waals surface area contributed by atoms with Crippen LogP contribution < -0.4 is 0 Å². The van der Waals surface area contributed by atoms with Crippen molar-refractivity contribution in [3.63, 3.8) is 0 Å². The van der Waals surface area contributed by atoms with Gasteiger partial charge >= 0.3 is 6.18 Å². The Morgan fingerprint density at radius 3 is 2.69 bits per heavy atom. The third kappa shape index (κ3) is 2.01. The van der Waals surface area contributed by atoms with Gasteiger partial charge in [0, 0.05) is 24.7 Å². The minimum atomic E-state index is -4.51. The van der Waals surface area contributed by atoms with E-state index in [2.05, 4.69) is 10.1 Å². The van der Waals surface area contributed by atoms with Crippen molar-refractivity contribution in [1.82, 2.24) is 14.8 Å². The Morgan fingerprint density at radius 1 is 1.38 bits per heavy atom. The number of nitrogens with zero attached hydrogens (tertiary/aromatic N) is 3. The van der Waals surface area contributed by atoms with Gasteiger partial charge in [-0.2, -0.15) is 18.3 Å². The van der Waals surface area contributed by atoms with Gasteiger partial charge in [0.15, 0.2) is 5.69 Å². The summed E-state index contributed by atoms with van der Waals surface area (Å²) in [5.74, 6) is 0. The van der Waals surface area contributed by atoms with Crippen LogP contribution in [0.1, 0.15) is 5.69 Å². The molecule has 0 fully saturated rings. The Hall–Kier alpha value is -1.56. The fourth-order valence-electron chi connectivity index (χ4n) is 1.10. The summed E-state index contributed by atoms with van der Waals surface area (Å²) in [7, 11) is 0. The van der Waals surface area contributed by atoms with Gasteiger partial charge in [-0.3, -0.25) is 4.98 Å². The Kier molecular flexibility index (Phi) is 2.59. The summed E-state index contributed by atoms with van der Waals surface area (Å²) < 4.78 is 37.8. The molecule has 0 unspecified atom stereocenters. The predicted molar refractivity (Wildman–Crippen MR) is 50.2 cm³/mol. The second-order valence-electron chi connectivity index (χ2n) is 2.89. The number of rotatable bonds is 1. The smallest absolute Gasteiger partial charge is 0.263 e. The SMILES string of the molecule is FC(F)(F)c1[c]cn(-c2ccncc2Cl)n1. The summed E-state index contributed by atoms with van der Waals surface area (Å²) in [4.78, 5) is 3.72. The zero-order valence-corrected chi connectivity index (χ0v) is 8.42. The van der Waals surface area contributed by atoms with Crippen molar-refractivity contribution in [2.75, 3.05) is 0 Å². The normalized spacial score (nSPS) is 11.8. The number of pyridine rings is 1. The highest BCUT2D eigenvalue weighted by Gasteiger charge is 2.34. The summed E-state index contributed by atoms with van der Waals surface area (Å²) in [6.07, 6.45) is -0.698. The highest BCUT2D eigenvalue weighted by Crippen LogP contribution is 2.28. The van der Waals surface area contributed by atoms with E-state index in [1.807, 2.05) is 6.07 Å². The lowest BCUT2D eigenvalue weighted by Gasteiger charge is -2.03. The summed E-state index contributed by atoms with van der Waals surface area (Å²) in [6.45, 7) is 0. The van der Waals surface area contributed by atoms with Crippen LogP contribution in [0, 0.1) is 6.07 Å². The lowest BCUT2D eigenvalue weighted by Crippen LogP contribution is -2.07. The van der Waals surface area contributed by atoms with Crippen molar-refractivity contribution < 1.29 is 13.2 Å². The molecule has 0 amide bonds. The van der Waals surface area contributed by atoms with Crippen LogP contribution in [0.25, 0.3) is 5.69 Å². The average molecular weight is 247 g/mol. The molecule has 0 spiro atoms. The monoisotopic (exact) mass is 246 g/mol. The third-order valence-corrected chi connectivity index (χ3v) is 2.09. The van der Waals surface area contributed by atoms with Crippen LogP contribution in [0.15, 0.2) is 24.7 Å². The molecule has 0 atom stereocenters. The van der Waals surface area contributed by atoms with Gasteiger partial charge in [-0.15, -0.1) is 0 Å². The highest BCUT2D eigenvalue weighted by atomic mass is 35.5. The summed E-state index contributed by atoms with van der Waals surface area (Å²) >= 11 is 5.76. The molecular formula is C9H4ClF3N3. The minimum absolute atomic E-state index is 0.215. The maximum Gasteiger partial charge on any atom is 0.435 e. The first-order valence-corrected chi connectivity index (χ1v) is 4.51. The van der Waals surface area contributed by atoms with E-state index in [1.165, 1.54) is 18.5 Å². The molecule has 0 N–H and O–H groups in total. The van der Waals surface area contributed by atoms with Crippen molar-refractivity contribution in [3.05, 3.63) is 41.4 Å². The molecule has 0 saturated heterocycles. The van der Waals surface area contributed by atoms with Crippen LogP contribution in [0.5, 0.6) is 0 Å². The Balaban J connectivity index is 2.44. The van der Waals surface area contributed by atoms with Crippen LogP contribution in [0.3, 0.4) is 0 Å². The molecule has 3 nitrogen and oxygen atoms in total. The molecule has 0 saturated carbocycles. The average Bonchev–Trinajstić information content (AvgIpc) is 2.66. The van der Waals surface area contributed by atoms with E-state index in [0.717, 1.165) is 10.9 Å². The molecule has 1 radical (unpaired) electrons. The Morgan fingerprint density at radius 2 is 2.12 bits per heavy atom. The zero-order valence-electron chi connectivity index (χ0n) is 7.66. The van der Waals surface area contributed by atoms with Crippen LogP contribution in [-0.4, -0.2) is 14.8 Å². The maximum atomic E-state index is 12.3. The van der Waals surface area contributed by atoms with Crippen LogP contribution in [0.2, 0.25) is 5.02 Å². The molecule has 2 aromatic rings. The largest absolute Gasteiger partial charge is 0.435 e. The van der Waals surface area contributed by atoms with Gasteiger partial charge in [-0.05, 0) is 6.07 Å². The number of hydrogen-bond donors (Lipinski definition) is 0. The van der Waals surface area contributed by atoms with Crippen molar-refractivity contribution in [3.8, 4) is 5.69 Å². The van der Waals surface area contributed by atoms with Crippen LogP contribution in [-0.2, 0) is 6.18 Å². The Bertz CT molecular complexity index is 507. The number of alkyl halides is 3. The van der Waals surface area contributed by atoms with E-state index in [4.69, 9.17) is 11.6 Å². The number of hydrogen-bond acceptors (Lipinski definition) is 2. The summed E-state index contributed by atoms with van der Waals surface area (Å²) in [5.41, 5.74) is -0.760. The molecular weight excluding hydrogens is 243 g/mol. The fraction of sp³-hybridized carbons (Fsp3) is 0.111. The van der Waals surface area contributed by atoms with Gasteiger partial charge in [0.05, 0.1) is 10.7 Å². The molecule has 7 heteroatoms. The van der Waals surface area contributed by atoms with Crippen LogP contribution >= 0.6 is 11.6 Å². The molecule has 2 rings (SSSR count). The van der Waals surface area contributed by atoms with E-state index in [-0.39, 0.29) is 5.02 Å². The van der Waals surface area contributed by atoms with Gasteiger partial charge in [-0.1, -0.05) is 11.6 Å². The first-order chi connectivity index (χ1) is 7.48. The van der Waals surface area contributed by atoms with E-state index < -0.39 is 11.9 Å². The summed E-state index contributed by atoms with van der Waals surface area (Å²) in [6, 6.07) is 3.48. The molecule has 2 aromatic heterocycles. The molecule has 0 aromatic carbocycles. The highest BCUT2D eigenvalue weighted by molar-refractivity contribution is 6.32. The van der Waals surface area contributed by atoms with Gasteiger partial charge in [0.1, 0.15) is 0 Å². The molecule has 83 valence electrons. The van der Waals surface area contributed by atoms with E-state index in [1.54, 1.807) is 0 Å². The van der Waals surface area contributed by atoms with Gasteiger partial charge < -0.3 is 0 Å². The molecule has 0 aliphatic heterocycles. The van der Waals surface area contributed by atoms with E-state index in [0.29, 0.717) is 5.69 Å². The fourth-order valence-corrected chi connectivity index (χ4v) is 1.31.